The van der Waals surface area contributed by atoms with Gasteiger partial charge in [0, 0.05) is 38.1 Å². The van der Waals surface area contributed by atoms with Crippen LogP contribution in [0.4, 0.5) is 4.39 Å². The second-order valence-corrected chi connectivity index (χ2v) is 7.26. The number of likely N-dealkylation sites (tertiary alicyclic amines) is 1. The minimum atomic E-state index is -0.890. The molecular formula is C16H21FN4O3S. The molecule has 0 aromatic carbocycles. The van der Waals surface area contributed by atoms with Crippen molar-refractivity contribution >= 4 is 17.2 Å². The number of rotatable bonds is 6. The second kappa shape index (κ2) is 7.49. The van der Waals surface area contributed by atoms with E-state index in [-0.39, 0.29) is 23.6 Å². The molecule has 1 amide bonds. The predicted octanol–water partition coefficient (Wildman–Crippen LogP) is 2.13. The molecule has 2 atom stereocenters. The van der Waals surface area contributed by atoms with Crippen molar-refractivity contribution in [3.63, 3.8) is 0 Å². The molecule has 0 unspecified atom stereocenters. The maximum absolute atomic E-state index is 13.9. The quantitative estimate of drug-likeness (QED) is 0.778. The highest BCUT2D eigenvalue weighted by Crippen LogP contribution is 2.24. The van der Waals surface area contributed by atoms with Crippen LogP contribution in [-0.4, -0.2) is 65.3 Å². The number of likely N-dealkylation sites (N-methyl/N-ethyl adjacent to an activating group) is 1. The van der Waals surface area contributed by atoms with Crippen LogP contribution in [0.2, 0.25) is 0 Å². The number of aryl methyl sites for hydroxylation is 1. The Bertz CT molecular complexity index is 735. The molecule has 2 aromatic rings. The van der Waals surface area contributed by atoms with E-state index in [0.29, 0.717) is 26.1 Å². The Hall–Kier alpha value is -2.00. The number of nitrogens with zero attached hydrogens (tertiary/aromatic N) is 4. The molecule has 136 valence electrons. The summed E-state index contributed by atoms with van der Waals surface area (Å²) in [6.45, 7) is 3.31. The molecule has 0 radical (unpaired) electrons. The van der Waals surface area contributed by atoms with Gasteiger partial charge in [0.15, 0.2) is 0 Å². The lowest BCUT2D eigenvalue weighted by Crippen LogP contribution is -2.40. The highest BCUT2D eigenvalue weighted by molar-refractivity contribution is 7.09. The average Bonchev–Trinajstić information content (AvgIpc) is 3.28. The summed E-state index contributed by atoms with van der Waals surface area (Å²) in [5.74, 6) is 0.0559. The van der Waals surface area contributed by atoms with Crippen LogP contribution in [0.3, 0.4) is 0 Å². The summed E-state index contributed by atoms with van der Waals surface area (Å²) >= 11 is 1.58. The standard InChI is InChI=1S/C16H21FN4O3S/c1-10-18-12(9-25-10)7-21-6-11(17)4-13(21)8-20(2)16(22)14-5-15(23-3)19-24-14/h5,9,11,13H,4,6-8H2,1-3H3/t11-,13-/m0/s1. The SMILES string of the molecule is COc1cc(C(=O)N(C)C[C@@H]2C[C@H](F)CN2Cc2csc(C)n2)on1. The van der Waals surface area contributed by atoms with Gasteiger partial charge in [-0.1, -0.05) is 0 Å². The van der Waals surface area contributed by atoms with Crippen molar-refractivity contribution < 1.29 is 18.4 Å². The van der Waals surface area contributed by atoms with Crippen molar-refractivity contribution in [1.82, 2.24) is 19.9 Å². The number of hydrogen-bond acceptors (Lipinski definition) is 7. The van der Waals surface area contributed by atoms with Crippen LogP contribution in [0, 0.1) is 6.92 Å². The monoisotopic (exact) mass is 368 g/mol. The first-order chi connectivity index (χ1) is 12.0. The van der Waals surface area contributed by atoms with Gasteiger partial charge in [-0.3, -0.25) is 9.69 Å². The number of amides is 1. The van der Waals surface area contributed by atoms with Gasteiger partial charge in [-0.15, -0.1) is 11.3 Å². The van der Waals surface area contributed by atoms with E-state index in [1.54, 1.807) is 18.4 Å². The average molecular weight is 368 g/mol. The van der Waals surface area contributed by atoms with Gasteiger partial charge in [0.05, 0.1) is 23.9 Å². The molecule has 7 nitrogen and oxygen atoms in total. The molecule has 0 bridgehead atoms. The van der Waals surface area contributed by atoms with Gasteiger partial charge in [0.2, 0.25) is 5.76 Å². The summed E-state index contributed by atoms with van der Waals surface area (Å²) < 4.78 is 23.9. The molecule has 0 spiro atoms. The van der Waals surface area contributed by atoms with Crippen molar-refractivity contribution in [3.05, 3.63) is 27.9 Å². The van der Waals surface area contributed by atoms with Crippen LogP contribution in [0.1, 0.15) is 27.7 Å². The largest absolute Gasteiger partial charge is 0.479 e. The Morgan fingerprint density at radius 1 is 1.60 bits per heavy atom. The zero-order valence-corrected chi connectivity index (χ0v) is 15.3. The molecule has 3 rings (SSSR count). The molecular weight excluding hydrogens is 347 g/mol. The molecule has 1 aliphatic heterocycles. The van der Waals surface area contributed by atoms with Crippen molar-refractivity contribution in [2.75, 3.05) is 27.2 Å². The first kappa shape index (κ1) is 17.8. The fourth-order valence-electron chi connectivity index (χ4n) is 3.04. The van der Waals surface area contributed by atoms with E-state index in [1.165, 1.54) is 18.1 Å². The predicted molar refractivity (Wildman–Crippen MR) is 90.6 cm³/mol. The number of alkyl halides is 1. The van der Waals surface area contributed by atoms with Crippen molar-refractivity contribution in [1.29, 1.82) is 0 Å². The van der Waals surface area contributed by atoms with Crippen LogP contribution in [0.15, 0.2) is 16.0 Å². The molecule has 0 saturated carbocycles. The highest BCUT2D eigenvalue weighted by Gasteiger charge is 2.34. The maximum atomic E-state index is 13.9. The van der Waals surface area contributed by atoms with Crippen LogP contribution in [0.5, 0.6) is 5.88 Å². The van der Waals surface area contributed by atoms with Gasteiger partial charge < -0.3 is 14.2 Å². The van der Waals surface area contributed by atoms with Gasteiger partial charge in [0.1, 0.15) is 6.17 Å². The van der Waals surface area contributed by atoms with Gasteiger partial charge in [-0.25, -0.2) is 9.37 Å². The third-order valence-electron chi connectivity index (χ3n) is 4.25. The fraction of sp³-hybridized carbons (Fsp3) is 0.562. The van der Waals surface area contributed by atoms with E-state index in [0.717, 1.165) is 10.7 Å². The maximum Gasteiger partial charge on any atom is 0.292 e. The second-order valence-electron chi connectivity index (χ2n) is 6.19. The Kier molecular flexibility index (Phi) is 5.33. The van der Waals surface area contributed by atoms with Crippen LogP contribution in [-0.2, 0) is 6.54 Å². The van der Waals surface area contributed by atoms with E-state index in [1.807, 2.05) is 17.2 Å². The first-order valence-electron chi connectivity index (χ1n) is 8.01. The van der Waals surface area contributed by atoms with Crippen LogP contribution in [0.25, 0.3) is 0 Å². The Labute approximate surface area is 149 Å². The molecule has 25 heavy (non-hydrogen) atoms. The van der Waals surface area contributed by atoms with E-state index < -0.39 is 6.17 Å². The Balaban J connectivity index is 1.63. The van der Waals surface area contributed by atoms with E-state index >= 15 is 0 Å². The number of carbonyl (C=O) groups excluding carboxylic acids is 1. The summed E-state index contributed by atoms with van der Waals surface area (Å²) in [7, 11) is 3.13. The number of hydrogen-bond donors (Lipinski definition) is 0. The number of methoxy groups -OCH3 is 1. The summed E-state index contributed by atoms with van der Waals surface area (Å²) in [5, 5.41) is 6.62. The minimum Gasteiger partial charge on any atom is -0.479 e. The molecule has 1 saturated heterocycles. The van der Waals surface area contributed by atoms with Crippen LogP contribution < -0.4 is 4.74 Å². The lowest BCUT2D eigenvalue weighted by atomic mass is 10.2. The molecule has 1 aliphatic rings. The number of ether oxygens (including phenoxy) is 1. The van der Waals surface area contributed by atoms with Crippen LogP contribution >= 0.6 is 11.3 Å². The normalized spacial score (nSPS) is 20.8. The van der Waals surface area contributed by atoms with Crippen molar-refractivity contribution in [2.24, 2.45) is 0 Å². The van der Waals surface area contributed by atoms with E-state index in [4.69, 9.17) is 9.26 Å². The Morgan fingerprint density at radius 2 is 2.40 bits per heavy atom. The molecule has 2 aromatic heterocycles. The number of aromatic nitrogens is 2. The first-order valence-corrected chi connectivity index (χ1v) is 8.89. The lowest BCUT2D eigenvalue weighted by molar-refractivity contribution is 0.0708. The van der Waals surface area contributed by atoms with Crippen molar-refractivity contribution in [3.8, 4) is 5.88 Å². The number of thiazole rings is 1. The Morgan fingerprint density at radius 3 is 3.04 bits per heavy atom. The molecule has 3 heterocycles. The summed E-state index contributed by atoms with van der Waals surface area (Å²) in [4.78, 5) is 20.4. The zero-order valence-electron chi connectivity index (χ0n) is 14.4. The smallest absolute Gasteiger partial charge is 0.292 e. The minimum absolute atomic E-state index is 0.0595. The molecule has 0 N–H and O–H groups in total. The summed E-state index contributed by atoms with van der Waals surface area (Å²) in [6.07, 6.45) is -0.487. The number of carbonyl (C=O) groups is 1. The number of halogens is 1. The highest BCUT2D eigenvalue weighted by atomic mass is 32.1. The molecule has 0 aliphatic carbocycles. The van der Waals surface area contributed by atoms with Gasteiger partial charge in [-0.2, -0.15) is 0 Å². The van der Waals surface area contributed by atoms with Gasteiger partial charge >= 0.3 is 0 Å². The third kappa shape index (κ3) is 4.16. The van der Waals surface area contributed by atoms with Gasteiger partial charge in [0.25, 0.3) is 11.8 Å². The van der Waals surface area contributed by atoms with Crippen molar-refractivity contribution in [2.45, 2.75) is 32.1 Å². The van der Waals surface area contributed by atoms with E-state index in [9.17, 15) is 9.18 Å². The fourth-order valence-corrected chi connectivity index (χ4v) is 3.64. The van der Waals surface area contributed by atoms with E-state index in [2.05, 4.69) is 10.1 Å². The summed E-state index contributed by atoms with van der Waals surface area (Å²) in [6, 6.07) is 1.39. The third-order valence-corrected chi connectivity index (χ3v) is 5.07. The molecule has 1 fully saturated rings. The van der Waals surface area contributed by atoms with Gasteiger partial charge in [-0.05, 0) is 18.5 Å². The summed E-state index contributed by atoms with van der Waals surface area (Å²) in [5.41, 5.74) is 0.940. The molecule has 9 heteroatoms. The lowest BCUT2D eigenvalue weighted by Gasteiger charge is -2.27. The zero-order chi connectivity index (χ0) is 18.0. The topological polar surface area (TPSA) is 71.7 Å².